The summed E-state index contributed by atoms with van der Waals surface area (Å²) in [6.45, 7) is 6.29. The second-order valence-electron chi connectivity index (χ2n) is 9.19. The molecule has 0 aliphatic carbocycles. The van der Waals surface area contributed by atoms with Gasteiger partial charge in [-0.15, -0.1) is 0 Å². The van der Waals surface area contributed by atoms with E-state index in [4.69, 9.17) is 15.6 Å². The predicted octanol–water partition coefficient (Wildman–Crippen LogP) is 4.04. The molecule has 0 radical (unpaired) electrons. The number of nitrogens with zero attached hydrogens (tertiary/aromatic N) is 3. The Kier molecular flexibility index (Phi) is 9.69. The van der Waals surface area contributed by atoms with E-state index in [9.17, 15) is 9.59 Å². The molecular formula is C26H37N5O4. The summed E-state index contributed by atoms with van der Waals surface area (Å²) in [4.78, 5) is 33.5. The van der Waals surface area contributed by atoms with Gasteiger partial charge in [0.15, 0.2) is 0 Å². The fourth-order valence-electron chi connectivity index (χ4n) is 4.26. The SMILES string of the molecule is CCCCCNc1nc(N)nc(C)c1Cc1ccc(CC(=O)OCC2CCN(C(=O)O)CC2)cc1. The normalized spacial score (nSPS) is 14.1. The van der Waals surface area contributed by atoms with Crippen LogP contribution in [0.15, 0.2) is 24.3 Å². The Morgan fingerprint density at radius 3 is 2.49 bits per heavy atom. The summed E-state index contributed by atoms with van der Waals surface area (Å²) in [5.41, 5.74) is 9.75. The molecule has 1 amide bonds. The van der Waals surface area contributed by atoms with Gasteiger partial charge in [-0.1, -0.05) is 44.0 Å². The summed E-state index contributed by atoms with van der Waals surface area (Å²) in [5, 5.41) is 12.4. The molecule has 9 nitrogen and oxygen atoms in total. The Morgan fingerprint density at radius 2 is 1.83 bits per heavy atom. The summed E-state index contributed by atoms with van der Waals surface area (Å²) in [5.74, 6) is 1.00. The predicted molar refractivity (Wildman–Crippen MR) is 135 cm³/mol. The van der Waals surface area contributed by atoms with Crippen LogP contribution in [0.25, 0.3) is 0 Å². The summed E-state index contributed by atoms with van der Waals surface area (Å²) in [6, 6.07) is 7.93. The van der Waals surface area contributed by atoms with Gasteiger partial charge in [0.25, 0.3) is 0 Å². The largest absolute Gasteiger partial charge is 0.465 e. The highest BCUT2D eigenvalue weighted by Gasteiger charge is 2.23. The molecule has 0 saturated carbocycles. The number of aromatic nitrogens is 2. The monoisotopic (exact) mass is 483 g/mol. The third-order valence-electron chi connectivity index (χ3n) is 6.42. The second-order valence-corrected chi connectivity index (χ2v) is 9.19. The van der Waals surface area contributed by atoms with Crippen LogP contribution < -0.4 is 11.1 Å². The van der Waals surface area contributed by atoms with Crippen molar-refractivity contribution in [2.75, 3.05) is 37.3 Å². The number of carbonyl (C=O) groups excluding carboxylic acids is 1. The molecule has 0 spiro atoms. The van der Waals surface area contributed by atoms with E-state index >= 15 is 0 Å². The zero-order valence-electron chi connectivity index (χ0n) is 20.8. The van der Waals surface area contributed by atoms with Gasteiger partial charge in [-0.2, -0.15) is 4.98 Å². The van der Waals surface area contributed by atoms with Crippen LogP contribution in [0.4, 0.5) is 16.6 Å². The van der Waals surface area contributed by atoms with Crippen LogP contribution in [-0.2, 0) is 22.4 Å². The van der Waals surface area contributed by atoms with Crippen molar-refractivity contribution in [1.82, 2.24) is 14.9 Å². The standard InChI is InChI=1S/C26H37N5O4/c1-3-4-5-12-28-24-22(18(2)29-25(27)30-24)15-19-6-8-20(9-7-19)16-23(32)35-17-21-10-13-31(14-11-21)26(33)34/h6-9,21H,3-5,10-17H2,1-2H3,(H,33,34)(H3,27,28,29,30). The number of carboxylic acid groups (broad SMARTS) is 1. The molecule has 1 fully saturated rings. The third kappa shape index (κ3) is 8.12. The summed E-state index contributed by atoms with van der Waals surface area (Å²) >= 11 is 0. The lowest BCUT2D eigenvalue weighted by atomic mass is 9.98. The van der Waals surface area contributed by atoms with Gasteiger partial charge in [0.1, 0.15) is 5.82 Å². The maximum Gasteiger partial charge on any atom is 0.407 e. The van der Waals surface area contributed by atoms with E-state index in [2.05, 4.69) is 22.2 Å². The molecule has 190 valence electrons. The van der Waals surface area contributed by atoms with Gasteiger partial charge in [0, 0.05) is 37.3 Å². The van der Waals surface area contributed by atoms with Crippen LogP contribution in [0.2, 0.25) is 0 Å². The Morgan fingerprint density at radius 1 is 1.14 bits per heavy atom. The van der Waals surface area contributed by atoms with Crippen molar-refractivity contribution in [2.45, 2.75) is 58.8 Å². The van der Waals surface area contributed by atoms with E-state index in [1.807, 2.05) is 31.2 Å². The molecule has 1 aliphatic rings. The number of likely N-dealkylation sites (tertiary alicyclic amines) is 1. The molecule has 2 heterocycles. The summed E-state index contributed by atoms with van der Waals surface area (Å²) < 4.78 is 5.46. The maximum absolute atomic E-state index is 12.3. The fraction of sp³-hybridized carbons (Fsp3) is 0.538. The molecule has 9 heteroatoms. The molecule has 4 N–H and O–H groups in total. The summed E-state index contributed by atoms with van der Waals surface area (Å²) in [6.07, 6.45) is 4.83. The van der Waals surface area contributed by atoms with Crippen LogP contribution in [0, 0.1) is 12.8 Å². The van der Waals surface area contributed by atoms with Crippen molar-refractivity contribution < 1.29 is 19.4 Å². The number of unbranched alkanes of at least 4 members (excludes halogenated alkanes) is 2. The zero-order chi connectivity index (χ0) is 25.2. The fourth-order valence-corrected chi connectivity index (χ4v) is 4.26. The number of hydrogen-bond acceptors (Lipinski definition) is 7. The molecule has 0 unspecified atom stereocenters. The number of piperidine rings is 1. The molecule has 1 aromatic heterocycles. The zero-order valence-corrected chi connectivity index (χ0v) is 20.8. The van der Waals surface area contributed by atoms with Crippen molar-refractivity contribution in [1.29, 1.82) is 0 Å². The minimum atomic E-state index is -0.887. The number of hydrogen-bond donors (Lipinski definition) is 3. The van der Waals surface area contributed by atoms with E-state index in [-0.39, 0.29) is 24.3 Å². The number of anilines is 2. The first-order chi connectivity index (χ1) is 16.9. The first-order valence-corrected chi connectivity index (χ1v) is 12.4. The van der Waals surface area contributed by atoms with Gasteiger partial charge in [-0.25, -0.2) is 9.78 Å². The van der Waals surface area contributed by atoms with E-state index in [0.29, 0.717) is 26.1 Å². The highest BCUT2D eigenvalue weighted by molar-refractivity contribution is 5.72. The molecule has 0 bridgehead atoms. The molecule has 0 atom stereocenters. The first-order valence-electron chi connectivity index (χ1n) is 12.4. The van der Waals surface area contributed by atoms with Crippen LogP contribution in [0.1, 0.15) is 61.4 Å². The average molecular weight is 484 g/mol. The number of benzene rings is 1. The Bertz CT molecular complexity index is 988. The Balaban J connectivity index is 1.51. The number of ether oxygens (including phenoxy) is 1. The third-order valence-corrected chi connectivity index (χ3v) is 6.42. The van der Waals surface area contributed by atoms with Crippen molar-refractivity contribution >= 4 is 23.8 Å². The van der Waals surface area contributed by atoms with Gasteiger partial charge < -0.3 is 25.8 Å². The number of nitrogens with two attached hydrogens (primary N) is 1. The number of nitrogen functional groups attached to an aromatic ring is 1. The van der Waals surface area contributed by atoms with Crippen molar-refractivity contribution in [3.8, 4) is 0 Å². The topological polar surface area (TPSA) is 131 Å². The molecule has 35 heavy (non-hydrogen) atoms. The van der Waals surface area contributed by atoms with Crippen molar-refractivity contribution in [3.63, 3.8) is 0 Å². The Labute approximate surface area is 207 Å². The van der Waals surface area contributed by atoms with E-state index in [1.54, 1.807) is 0 Å². The van der Waals surface area contributed by atoms with Gasteiger partial charge in [0.2, 0.25) is 5.95 Å². The minimum Gasteiger partial charge on any atom is -0.465 e. The molecule has 3 rings (SSSR count). The highest BCUT2D eigenvalue weighted by Crippen LogP contribution is 2.22. The van der Waals surface area contributed by atoms with Gasteiger partial charge in [-0.3, -0.25) is 4.79 Å². The number of esters is 1. The number of aryl methyl sites for hydroxylation is 1. The smallest absolute Gasteiger partial charge is 0.407 e. The number of nitrogens with one attached hydrogen (secondary N) is 1. The van der Waals surface area contributed by atoms with Gasteiger partial charge in [0.05, 0.1) is 13.0 Å². The molecule has 1 aromatic carbocycles. The molecular weight excluding hydrogens is 446 g/mol. The lowest BCUT2D eigenvalue weighted by Crippen LogP contribution is -2.38. The lowest BCUT2D eigenvalue weighted by molar-refractivity contribution is -0.144. The van der Waals surface area contributed by atoms with E-state index in [0.717, 1.165) is 66.9 Å². The first kappa shape index (κ1) is 26.2. The van der Waals surface area contributed by atoms with Crippen LogP contribution in [0.3, 0.4) is 0 Å². The number of amides is 1. The minimum absolute atomic E-state index is 0.211. The number of carbonyl (C=O) groups is 2. The van der Waals surface area contributed by atoms with E-state index in [1.165, 1.54) is 4.90 Å². The molecule has 1 saturated heterocycles. The van der Waals surface area contributed by atoms with Crippen LogP contribution in [-0.4, -0.2) is 58.3 Å². The average Bonchev–Trinajstić information content (AvgIpc) is 2.84. The van der Waals surface area contributed by atoms with Gasteiger partial charge >= 0.3 is 12.1 Å². The summed E-state index contributed by atoms with van der Waals surface area (Å²) in [7, 11) is 0. The van der Waals surface area contributed by atoms with Gasteiger partial charge in [-0.05, 0) is 43.2 Å². The second kappa shape index (κ2) is 12.9. The van der Waals surface area contributed by atoms with Crippen LogP contribution >= 0.6 is 0 Å². The Hall–Kier alpha value is -3.36. The molecule has 1 aliphatic heterocycles. The highest BCUT2D eigenvalue weighted by atomic mass is 16.5. The van der Waals surface area contributed by atoms with Crippen LogP contribution in [0.5, 0.6) is 0 Å². The number of rotatable bonds is 11. The van der Waals surface area contributed by atoms with Crippen molar-refractivity contribution in [2.24, 2.45) is 5.92 Å². The van der Waals surface area contributed by atoms with E-state index < -0.39 is 6.09 Å². The maximum atomic E-state index is 12.3. The lowest BCUT2D eigenvalue weighted by Gasteiger charge is -2.29. The van der Waals surface area contributed by atoms with Crippen molar-refractivity contribution in [3.05, 3.63) is 46.6 Å². The quantitative estimate of drug-likeness (QED) is 0.322. The molecule has 2 aromatic rings.